The molecule has 1 aliphatic rings. The first-order valence-electron chi connectivity index (χ1n) is 6.47. The summed E-state index contributed by atoms with van der Waals surface area (Å²) in [6.07, 6.45) is 0. The zero-order valence-electron chi connectivity index (χ0n) is 11.5. The molecule has 0 bridgehead atoms. The molecular weight excluding hydrogens is 268 g/mol. The van der Waals surface area contributed by atoms with E-state index in [0.29, 0.717) is 0 Å². The van der Waals surface area contributed by atoms with Gasteiger partial charge in [-0.2, -0.15) is 5.10 Å². The van der Waals surface area contributed by atoms with Crippen molar-refractivity contribution in [3.8, 4) is 5.75 Å². The van der Waals surface area contributed by atoms with Crippen LogP contribution in [0.15, 0.2) is 53.6 Å². The van der Waals surface area contributed by atoms with E-state index in [-0.39, 0.29) is 5.37 Å². The van der Waals surface area contributed by atoms with Gasteiger partial charge in [-0.15, -0.1) is 0 Å². The number of aryl methyl sites for hydroxylation is 1. The van der Waals surface area contributed by atoms with Gasteiger partial charge < -0.3 is 4.74 Å². The Hall–Kier alpha value is -1.94. The van der Waals surface area contributed by atoms with Crippen molar-refractivity contribution in [1.82, 2.24) is 5.43 Å². The molecular formula is C16H16N2OS. The molecule has 4 heteroatoms. The van der Waals surface area contributed by atoms with E-state index >= 15 is 0 Å². The topological polar surface area (TPSA) is 33.6 Å². The average molecular weight is 284 g/mol. The van der Waals surface area contributed by atoms with Gasteiger partial charge in [0.25, 0.3) is 0 Å². The number of hydrogen-bond acceptors (Lipinski definition) is 4. The SMILES string of the molecule is COc1ccc(C2=NNC(c3ccc(C)cc3)S2)cc1. The number of thioether (sulfide) groups is 1. The maximum Gasteiger partial charge on any atom is 0.126 e. The highest BCUT2D eigenvalue weighted by Crippen LogP contribution is 2.34. The van der Waals surface area contributed by atoms with Crippen molar-refractivity contribution < 1.29 is 4.74 Å². The van der Waals surface area contributed by atoms with Gasteiger partial charge >= 0.3 is 0 Å². The zero-order chi connectivity index (χ0) is 13.9. The first kappa shape index (κ1) is 13.1. The number of ether oxygens (including phenoxy) is 1. The summed E-state index contributed by atoms with van der Waals surface area (Å²) in [6, 6.07) is 16.5. The molecule has 0 radical (unpaired) electrons. The van der Waals surface area contributed by atoms with E-state index in [1.54, 1.807) is 18.9 Å². The molecule has 0 saturated heterocycles. The number of methoxy groups -OCH3 is 1. The van der Waals surface area contributed by atoms with Gasteiger partial charge in [-0.05, 0) is 36.8 Å². The van der Waals surface area contributed by atoms with Gasteiger partial charge in [0.1, 0.15) is 16.2 Å². The fraction of sp³-hybridized carbons (Fsp3) is 0.188. The quantitative estimate of drug-likeness (QED) is 0.933. The van der Waals surface area contributed by atoms with Crippen LogP contribution in [0.1, 0.15) is 22.1 Å². The maximum atomic E-state index is 5.17. The van der Waals surface area contributed by atoms with Gasteiger partial charge in [-0.1, -0.05) is 41.6 Å². The van der Waals surface area contributed by atoms with E-state index in [1.807, 2.05) is 24.3 Å². The second-order valence-corrected chi connectivity index (χ2v) is 5.78. The van der Waals surface area contributed by atoms with Gasteiger partial charge in [-0.3, -0.25) is 5.43 Å². The number of hydrazone groups is 1. The van der Waals surface area contributed by atoms with Gasteiger partial charge in [0.2, 0.25) is 0 Å². The van der Waals surface area contributed by atoms with Gasteiger partial charge in [-0.25, -0.2) is 0 Å². The van der Waals surface area contributed by atoms with Gasteiger partial charge in [0, 0.05) is 5.56 Å². The number of nitrogens with one attached hydrogen (secondary N) is 1. The molecule has 2 aromatic carbocycles. The molecule has 0 aromatic heterocycles. The normalized spacial score (nSPS) is 17.5. The molecule has 1 N–H and O–H groups in total. The Morgan fingerprint density at radius 3 is 2.40 bits per heavy atom. The van der Waals surface area contributed by atoms with Crippen LogP contribution in [0.4, 0.5) is 0 Å². The van der Waals surface area contributed by atoms with E-state index in [4.69, 9.17) is 4.74 Å². The maximum absolute atomic E-state index is 5.17. The summed E-state index contributed by atoms with van der Waals surface area (Å²) in [5, 5.41) is 5.63. The third-order valence-electron chi connectivity index (χ3n) is 3.23. The van der Waals surface area contributed by atoms with Crippen LogP contribution in [0.5, 0.6) is 5.75 Å². The molecule has 0 fully saturated rings. The second-order valence-electron chi connectivity index (χ2n) is 4.68. The van der Waals surface area contributed by atoms with Crippen molar-refractivity contribution in [2.45, 2.75) is 12.3 Å². The highest BCUT2D eigenvalue weighted by molar-refractivity contribution is 8.14. The zero-order valence-corrected chi connectivity index (χ0v) is 12.3. The predicted octanol–water partition coefficient (Wildman–Crippen LogP) is 3.70. The van der Waals surface area contributed by atoms with Crippen molar-refractivity contribution in [3.63, 3.8) is 0 Å². The van der Waals surface area contributed by atoms with Crippen LogP contribution in [0, 0.1) is 6.92 Å². The van der Waals surface area contributed by atoms with E-state index in [2.05, 4.69) is 41.7 Å². The molecule has 1 heterocycles. The van der Waals surface area contributed by atoms with Gasteiger partial charge in [0.15, 0.2) is 0 Å². The Balaban J connectivity index is 1.73. The Morgan fingerprint density at radius 1 is 1.05 bits per heavy atom. The third-order valence-corrected chi connectivity index (χ3v) is 4.39. The number of hydrogen-bond donors (Lipinski definition) is 1. The Labute approximate surface area is 123 Å². The average Bonchev–Trinajstić information content (AvgIpc) is 2.98. The molecule has 2 aromatic rings. The highest BCUT2D eigenvalue weighted by atomic mass is 32.2. The van der Waals surface area contributed by atoms with Crippen molar-refractivity contribution in [3.05, 3.63) is 65.2 Å². The molecule has 3 rings (SSSR count). The van der Waals surface area contributed by atoms with Crippen molar-refractivity contribution in [2.75, 3.05) is 7.11 Å². The lowest BCUT2D eigenvalue weighted by Gasteiger charge is -2.09. The minimum atomic E-state index is 0.188. The second kappa shape index (κ2) is 5.59. The molecule has 1 unspecified atom stereocenters. The predicted molar refractivity (Wildman–Crippen MR) is 84.2 cm³/mol. The van der Waals surface area contributed by atoms with Crippen molar-refractivity contribution >= 4 is 16.8 Å². The van der Waals surface area contributed by atoms with Crippen LogP contribution in [0.25, 0.3) is 0 Å². The lowest BCUT2D eigenvalue weighted by atomic mass is 10.1. The monoisotopic (exact) mass is 284 g/mol. The van der Waals surface area contributed by atoms with E-state index in [9.17, 15) is 0 Å². The Bertz CT molecular complexity index is 620. The molecule has 0 spiro atoms. The van der Waals surface area contributed by atoms with Crippen LogP contribution in [0.2, 0.25) is 0 Å². The van der Waals surface area contributed by atoms with Crippen LogP contribution in [0.3, 0.4) is 0 Å². The summed E-state index contributed by atoms with van der Waals surface area (Å²) in [5.74, 6) is 0.861. The molecule has 0 amide bonds. The minimum absolute atomic E-state index is 0.188. The Kier molecular flexibility index (Phi) is 3.65. The molecule has 0 aliphatic carbocycles. The first-order valence-corrected chi connectivity index (χ1v) is 7.35. The fourth-order valence-corrected chi connectivity index (χ4v) is 3.03. The smallest absolute Gasteiger partial charge is 0.126 e. The molecule has 1 atom stereocenters. The van der Waals surface area contributed by atoms with Crippen molar-refractivity contribution in [2.24, 2.45) is 5.10 Å². The van der Waals surface area contributed by atoms with E-state index in [1.165, 1.54) is 11.1 Å². The molecule has 0 saturated carbocycles. The summed E-state index contributed by atoms with van der Waals surface area (Å²) in [7, 11) is 1.67. The number of benzene rings is 2. The number of nitrogens with zero attached hydrogens (tertiary/aromatic N) is 1. The van der Waals surface area contributed by atoms with Crippen LogP contribution >= 0.6 is 11.8 Å². The molecule has 3 nitrogen and oxygen atoms in total. The molecule has 20 heavy (non-hydrogen) atoms. The summed E-state index contributed by atoms with van der Waals surface area (Å²) in [6.45, 7) is 2.10. The van der Waals surface area contributed by atoms with E-state index in [0.717, 1.165) is 16.4 Å². The molecule has 102 valence electrons. The van der Waals surface area contributed by atoms with Crippen LogP contribution in [-0.4, -0.2) is 12.2 Å². The minimum Gasteiger partial charge on any atom is -0.497 e. The standard InChI is InChI=1S/C16H16N2OS/c1-11-3-5-12(6-4-11)15-17-18-16(20-15)13-7-9-14(19-2)10-8-13/h3-10,15,17H,1-2H3. The van der Waals surface area contributed by atoms with Gasteiger partial charge in [0.05, 0.1) is 7.11 Å². The lowest BCUT2D eigenvalue weighted by Crippen LogP contribution is -2.06. The summed E-state index contributed by atoms with van der Waals surface area (Å²) in [5.41, 5.74) is 6.81. The van der Waals surface area contributed by atoms with E-state index < -0.39 is 0 Å². The largest absolute Gasteiger partial charge is 0.497 e. The summed E-state index contributed by atoms with van der Waals surface area (Å²) >= 11 is 1.73. The first-order chi connectivity index (χ1) is 9.76. The van der Waals surface area contributed by atoms with Crippen LogP contribution < -0.4 is 10.2 Å². The lowest BCUT2D eigenvalue weighted by molar-refractivity contribution is 0.415. The summed E-state index contributed by atoms with van der Waals surface area (Å²) in [4.78, 5) is 0. The van der Waals surface area contributed by atoms with Crippen molar-refractivity contribution in [1.29, 1.82) is 0 Å². The highest BCUT2D eigenvalue weighted by Gasteiger charge is 2.21. The summed E-state index contributed by atoms with van der Waals surface area (Å²) < 4.78 is 5.17. The Morgan fingerprint density at radius 2 is 1.75 bits per heavy atom. The third kappa shape index (κ3) is 2.65. The fourth-order valence-electron chi connectivity index (χ4n) is 2.03. The van der Waals surface area contributed by atoms with Crippen LogP contribution in [-0.2, 0) is 0 Å². The number of rotatable bonds is 3. The molecule has 1 aliphatic heterocycles.